The van der Waals surface area contributed by atoms with Crippen LogP contribution in [0.5, 0.6) is 0 Å². The summed E-state index contributed by atoms with van der Waals surface area (Å²) >= 11 is 0. The van der Waals surface area contributed by atoms with Crippen LogP contribution in [0.4, 0.5) is 0 Å². The van der Waals surface area contributed by atoms with Gasteiger partial charge >= 0.3 is 5.97 Å². The first-order valence-corrected chi connectivity index (χ1v) is 9.03. The van der Waals surface area contributed by atoms with Crippen molar-refractivity contribution in [3.05, 3.63) is 12.2 Å². The Morgan fingerprint density at radius 1 is 1.17 bits per heavy atom. The van der Waals surface area contributed by atoms with E-state index in [0.29, 0.717) is 25.7 Å². The lowest BCUT2D eigenvalue weighted by atomic mass is 10.0. The molecule has 1 rings (SSSR count). The molecule has 0 unspecified atom stereocenters. The molecule has 0 amide bonds. The molecule has 0 bridgehead atoms. The Bertz CT molecular complexity index is 384. The van der Waals surface area contributed by atoms with Gasteiger partial charge in [0.25, 0.3) is 0 Å². The maximum absolute atomic E-state index is 10.4. The van der Waals surface area contributed by atoms with Crippen molar-refractivity contribution in [2.45, 2.75) is 95.2 Å². The zero-order valence-electron chi connectivity index (χ0n) is 14.5. The summed E-state index contributed by atoms with van der Waals surface area (Å²) in [6.45, 7) is 1.93. The fourth-order valence-corrected chi connectivity index (χ4v) is 2.97. The van der Waals surface area contributed by atoms with Crippen LogP contribution >= 0.6 is 0 Å². The lowest BCUT2D eigenvalue weighted by molar-refractivity contribution is -0.137. The van der Waals surface area contributed by atoms with Crippen LogP contribution in [0.25, 0.3) is 0 Å². The van der Waals surface area contributed by atoms with Crippen LogP contribution in [0.1, 0.15) is 64.7 Å². The Labute approximate surface area is 144 Å². The molecule has 0 aromatic carbocycles. The second-order valence-electron chi connectivity index (χ2n) is 6.57. The third-order valence-corrected chi connectivity index (χ3v) is 4.46. The normalized spacial score (nSPS) is 26.8. The van der Waals surface area contributed by atoms with E-state index >= 15 is 0 Å². The molecule has 6 nitrogen and oxygen atoms in total. The first-order valence-electron chi connectivity index (χ1n) is 9.03. The highest BCUT2D eigenvalue weighted by atomic mass is 16.5. The van der Waals surface area contributed by atoms with Crippen molar-refractivity contribution >= 4 is 5.97 Å². The molecule has 1 aliphatic rings. The standard InChI is InChI=1S/C18H32O6/c1-2-16-15(21)12-17(24-16)14(20)11-10-13(19)8-6-4-3-5-7-9-18(22)23/h10-11,13-17,19-21H,2-9,12H2,1H3,(H,22,23)/b11-10+/t13-,14+,15-,16-,17+/m0/s1. The van der Waals surface area contributed by atoms with Gasteiger partial charge in [-0.05, 0) is 19.3 Å². The quantitative estimate of drug-likeness (QED) is 0.319. The molecule has 1 fully saturated rings. The van der Waals surface area contributed by atoms with Crippen LogP contribution in [0, 0.1) is 0 Å². The Balaban J connectivity index is 2.12. The van der Waals surface area contributed by atoms with Crippen LogP contribution < -0.4 is 0 Å². The molecule has 4 N–H and O–H groups in total. The number of rotatable bonds is 12. The molecule has 0 aliphatic carbocycles. The van der Waals surface area contributed by atoms with Crippen molar-refractivity contribution in [1.82, 2.24) is 0 Å². The summed E-state index contributed by atoms with van der Waals surface area (Å²) in [4.78, 5) is 10.4. The molecule has 140 valence electrons. The minimum absolute atomic E-state index is 0.218. The van der Waals surface area contributed by atoms with Crippen molar-refractivity contribution in [2.24, 2.45) is 0 Å². The largest absolute Gasteiger partial charge is 0.481 e. The van der Waals surface area contributed by atoms with Crippen molar-refractivity contribution < 1.29 is 30.0 Å². The monoisotopic (exact) mass is 344 g/mol. The highest BCUT2D eigenvalue weighted by Crippen LogP contribution is 2.25. The Morgan fingerprint density at radius 2 is 1.83 bits per heavy atom. The van der Waals surface area contributed by atoms with E-state index in [4.69, 9.17) is 9.84 Å². The van der Waals surface area contributed by atoms with Gasteiger partial charge in [-0.2, -0.15) is 0 Å². The number of aliphatic hydroxyl groups is 3. The van der Waals surface area contributed by atoms with Gasteiger partial charge in [0.05, 0.1) is 30.5 Å². The lowest BCUT2D eigenvalue weighted by Crippen LogP contribution is -2.24. The van der Waals surface area contributed by atoms with Crippen molar-refractivity contribution in [1.29, 1.82) is 0 Å². The topological polar surface area (TPSA) is 107 Å². The van der Waals surface area contributed by atoms with Gasteiger partial charge in [-0.25, -0.2) is 0 Å². The molecule has 1 heterocycles. The molecule has 0 saturated carbocycles. The molecule has 0 spiro atoms. The molecule has 6 heteroatoms. The maximum Gasteiger partial charge on any atom is 0.303 e. The fourth-order valence-electron chi connectivity index (χ4n) is 2.97. The summed E-state index contributed by atoms with van der Waals surface area (Å²) in [5, 5.41) is 38.3. The number of aliphatic hydroxyl groups excluding tert-OH is 3. The highest BCUT2D eigenvalue weighted by Gasteiger charge is 2.35. The summed E-state index contributed by atoms with van der Waals surface area (Å²) in [6, 6.07) is 0. The van der Waals surface area contributed by atoms with E-state index in [1.165, 1.54) is 0 Å². The molecule has 24 heavy (non-hydrogen) atoms. The van der Waals surface area contributed by atoms with Gasteiger partial charge in [0.15, 0.2) is 0 Å². The second kappa shape index (κ2) is 11.6. The molecular formula is C18H32O6. The van der Waals surface area contributed by atoms with Crippen molar-refractivity contribution in [3.63, 3.8) is 0 Å². The van der Waals surface area contributed by atoms with Gasteiger partial charge in [0.1, 0.15) is 0 Å². The summed E-state index contributed by atoms with van der Waals surface area (Å²) < 4.78 is 5.60. The molecule has 0 radical (unpaired) electrons. The minimum atomic E-state index is -0.818. The molecule has 0 aromatic rings. The van der Waals surface area contributed by atoms with Gasteiger partial charge < -0.3 is 25.2 Å². The minimum Gasteiger partial charge on any atom is -0.481 e. The lowest BCUT2D eigenvalue weighted by Gasteiger charge is -2.16. The average molecular weight is 344 g/mol. The van der Waals surface area contributed by atoms with Crippen LogP contribution in [0.15, 0.2) is 12.2 Å². The summed E-state index contributed by atoms with van der Waals surface area (Å²) in [7, 11) is 0. The molecule has 1 saturated heterocycles. The van der Waals surface area contributed by atoms with Gasteiger partial charge in [-0.1, -0.05) is 44.8 Å². The van der Waals surface area contributed by atoms with Crippen LogP contribution in [-0.4, -0.2) is 56.9 Å². The molecule has 0 aromatic heterocycles. The van der Waals surface area contributed by atoms with E-state index in [1.807, 2.05) is 6.92 Å². The van der Waals surface area contributed by atoms with Gasteiger partial charge in [0, 0.05) is 12.8 Å². The molecular weight excluding hydrogens is 312 g/mol. The summed E-state index contributed by atoms with van der Waals surface area (Å²) in [5.74, 6) is -0.752. The predicted octanol–water partition coefficient (Wildman–Crippen LogP) is 2.01. The molecule has 1 aliphatic heterocycles. The number of aliphatic carboxylic acids is 1. The SMILES string of the molecule is CC[C@@H]1O[C@@H]([C@H](O)/C=C/[C@@H](O)CCCCCCCC(=O)O)C[C@@H]1O. The number of carboxylic acid groups (broad SMARTS) is 1. The summed E-state index contributed by atoms with van der Waals surface area (Å²) in [6.07, 6.45) is 6.92. The van der Waals surface area contributed by atoms with Gasteiger partial charge in [0.2, 0.25) is 0 Å². The van der Waals surface area contributed by atoms with E-state index in [-0.39, 0.29) is 12.5 Å². The second-order valence-corrected chi connectivity index (χ2v) is 6.57. The van der Waals surface area contributed by atoms with Gasteiger partial charge in [-0.3, -0.25) is 4.79 Å². The van der Waals surface area contributed by atoms with E-state index in [1.54, 1.807) is 12.2 Å². The first-order chi connectivity index (χ1) is 11.4. The third kappa shape index (κ3) is 8.24. The van der Waals surface area contributed by atoms with Crippen LogP contribution in [-0.2, 0) is 9.53 Å². The Morgan fingerprint density at radius 3 is 2.46 bits per heavy atom. The number of carboxylic acids is 1. The number of unbranched alkanes of at least 4 members (excludes halogenated alkanes) is 4. The Hall–Kier alpha value is -0.950. The van der Waals surface area contributed by atoms with Crippen LogP contribution in [0.2, 0.25) is 0 Å². The number of hydrogen-bond donors (Lipinski definition) is 4. The zero-order chi connectivity index (χ0) is 17.9. The van der Waals surface area contributed by atoms with E-state index < -0.39 is 30.4 Å². The molecule has 5 atom stereocenters. The fraction of sp³-hybridized carbons (Fsp3) is 0.833. The Kier molecular flexibility index (Phi) is 10.2. The van der Waals surface area contributed by atoms with E-state index in [0.717, 1.165) is 25.7 Å². The third-order valence-electron chi connectivity index (χ3n) is 4.46. The van der Waals surface area contributed by atoms with Gasteiger partial charge in [-0.15, -0.1) is 0 Å². The van der Waals surface area contributed by atoms with E-state index in [9.17, 15) is 20.1 Å². The van der Waals surface area contributed by atoms with Crippen LogP contribution in [0.3, 0.4) is 0 Å². The predicted molar refractivity (Wildman–Crippen MR) is 90.7 cm³/mol. The summed E-state index contributed by atoms with van der Waals surface area (Å²) in [5.41, 5.74) is 0. The van der Waals surface area contributed by atoms with Crippen molar-refractivity contribution in [3.8, 4) is 0 Å². The average Bonchev–Trinajstić information content (AvgIpc) is 2.92. The number of hydrogen-bond acceptors (Lipinski definition) is 5. The number of carbonyl (C=O) groups is 1. The maximum atomic E-state index is 10.4. The first kappa shape index (κ1) is 21.1. The smallest absolute Gasteiger partial charge is 0.303 e. The van der Waals surface area contributed by atoms with E-state index in [2.05, 4.69) is 0 Å². The number of ether oxygens (including phenoxy) is 1. The zero-order valence-corrected chi connectivity index (χ0v) is 14.5. The van der Waals surface area contributed by atoms with Crippen molar-refractivity contribution in [2.75, 3.05) is 0 Å². The highest BCUT2D eigenvalue weighted by molar-refractivity contribution is 5.66.